The Morgan fingerprint density at radius 3 is 2.45 bits per heavy atom. The number of para-hydroxylation sites is 1. The lowest BCUT2D eigenvalue weighted by Gasteiger charge is -2.08. The van der Waals surface area contributed by atoms with Crippen LogP contribution >= 0.6 is 0 Å². The average molecular weight is 385 g/mol. The maximum atomic E-state index is 5.43. The minimum atomic E-state index is 0.294. The van der Waals surface area contributed by atoms with Crippen LogP contribution in [-0.4, -0.2) is 35.6 Å². The van der Waals surface area contributed by atoms with Gasteiger partial charge in [-0.15, -0.1) is 5.10 Å². The molecule has 1 N–H and O–H groups in total. The first-order chi connectivity index (χ1) is 14.3. The Hall–Kier alpha value is -4.00. The minimum Gasteiger partial charge on any atom is -0.496 e. The van der Waals surface area contributed by atoms with Crippen molar-refractivity contribution in [2.24, 2.45) is 5.10 Å². The summed E-state index contributed by atoms with van der Waals surface area (Å²) in [6, 6.07) is 19.5. The van der Waals surface area contributed by atoms with Crippen molar-refractivity contribution < 1.29 is 9.47 Å². The van der Waals surface area contributed by atoms with Crippen molar-refractivity contribution in [3.05, 3.63) is 72.4 Å². The lowest BCUT2D eigenvalue weighted by Crippen LogP contribution is -2.01. The Morgan fingerprint density at radius 1 is 0.862 bits per heavy atom. The van der Waals surface area contributed by atoms with E-state index in [0.717, 1.165) is 27.6 Å². The van der Waals surface area contributed by atoms with E-state index in [-0.39, 0.29) is 0 Å². The zero-order valence-electron chi connectivity index (χ0n) is 16.0. The number of nitrogens with one attached hydrogen (secondary N) is 1. The fourth-order valence-electron chi connectivity index (χ4n) is 3.08. The van der Waals surface area contributed by atoms with Crippen molar-refractivity contribution in [1.29, 1.82) is 0 Å². The molecule has 0 radical (unpaired) electrons. The predicted molar refractivity (Wildman–Crippen MR) is 114 cm³/mol. The monoisotopic (exact) mass is 385 g/mol. The van der Waals surface area contributed by atoms with Gasteiger partial charge in [-0.3, -0.25) is 0 Å². The van der Waals surface area contributed by atoms with Gasteiger partial charge < -0.3 is 9.47 Å². The molecule has 29 heavy (non-hydrogen) atoms. The predicted octanol–water partition coefficient (Wildman–Crippen LogP) is 4.16. The number of ether oxygens (including phenoxy) is 2. The molecule has 0 unspecified atom stereocenters. The number of benzene rings is 3. The number of anilines is 1. The summed E-state index contributed by atoms with van der Waals surface area (Å²) in [7, 11) is 3.28. The molecule has 0 aliphatic carbocycles. The molecule has 7 heteroatoms. The van der Waals surface area contributed by atoms with Crippen molar-refractivity contribution in [2.45, 2.75) is 0 Å². The highest BCUT2D eigenvalue weighted by Crippen LogP contribution is 2.28. The zero-order chi connectivity index (χ0) is 20.1. The molecule has 1 aromatic heterocycles. The first-order valence-corrected chi connectivity index (χ1v) is 8.98. The summed E-state index contributed by atoms with van der Waals surface area (Å²) in [6.07, 6.45) is 3.31. The quantitative estimate of drug-likeness (QED) is 0.397. The number of nitrogens with zero attached hydrogens (tertiary/aromatic N) is 4. The van der Waals surface area contributed by atoms with Gasteiger partial charge >= 0.3 is 0 Å². The van der Waals surface area contributed by atoms with Crippen LogP contribution in [0.5, 0.6) is 11.5 Å². The van der Waals surface area contributed by atoms with Gasteiger partial charge in [0.2, 0.25) is 0 Å². The van der Waals surface area contributed by atoms with Gasteiger partial charge in [-0.05, 0) is 29.7 Å². The lowest BCUT2D eigenvalue weighted by atomic mass is 10.0. The van der Waals surface area contributed by atoms with E-state index in [1.165, 1.54) is 0 Å². The highest BCUT2D eigenvalue weighted by atomic mass is 16.5. The van der Waals surface area contributed by atoms with E-state index in [4.69, 9.17) is 9.47 Å². The summed E-state index contributed by atoms with van der Waals surface area (Å²) in [5.74, 6) is 1.83. The average Bonchev–Trinajstić information content (AvgIpc) is 2.79. The Morgan fingerprint density at radius 2 is 1.62 bits per heavy atom. The van der Waals surface area contributed by atoms with E-state index in [1.807, 2.05) is 60.7 Å². The van der Waals surface area contributed by atoms with E-state index < -0.39 is 0 Å². The molecular formula is C22H19N5O2. The first-order valence-electron chi connectivity index (χ1n) is 8.98. The van der Waals surface area contributed by atoms with Gasteiger partial charge in [0.15, 0.2) is 0 Å². The summed E-state index contributed by atoms with van der Waals surface area (Å²) >= 11 is 0. The molecule has 4 rings (SSSR count). The van der Waals surface area contributed by atoms with Crippen LogP contribution in [-0.2, 0) is 0 Å². The highest BCUT2D eigenvalue weighted by Gasteiger charge is 2.08. The minimum absolute atomic E-state index is 0.294. The SMILES string of the molecule is COc1ccccc1-c1cnnc(N/N=C\c2ccc(OC)c3ccccc23)n1. The van der Waals surface area contributed by atoms with Crippen molar-refractivity contribution >= 4 is 22.9 Å². The van der Waals surface area contributed by atoms with E-state index in [0.29, 0.717) is 17.4 Å². The van der Waals surface area contributed by atoms with Crippen molar-refractivity contribution in [3.8, 4) is 22.8 Å². The zero-order valence-corrected chi connectivity index (χ0v) is 16.0. The Bertz CT molecular complexity index is 1180. The number of fused-ring (bicyclic) bond motifs is 1. The molecule has 3 aromatic carbocycles. The van der Waals surface area contributed by atoms with Gasteiger partial charge in [0, 0.05) is 16.5 Å². The molecular weight excluding hydrogens is 366 g/mol. The smallest absolute Gasteiger partial charge is 0.263 e. The molecule has 0 atom stereocenters. The summed E-state index contributed by atoms with van der Waals surface area (Å²) in [4.78, 5) is 4.47. The molecule has 0 saturated carbocycles. The molecule has 0 aliphatic rings. The van der Waals surface area contributed by atoms with Gasteiger partial charge in [0.05, 0.1) is 32.3 Å². The third kappa shape index (κ3) is 3.84. The largest absolute Gasteiger partial charge is 0.496 e. The highest BCUT2D eigenvalue weighted by molar-refractivity contribution is 6.02. The molecule has 1 heterocycles. The van der Waals surface area contributed by atoms with Gasteiger partial charge in [-0.1, -0.05) is 36.4 Å². The third-order valence-electron chi connectivity index (χ3n) is 4.45. The van der Waals surface area contributed by atoms with Crippen molar-refractivity contribution in [1.82, 2.24) is 15.2 Å². The summed E-state index contributed by atoms with van der Waals surface area (Å²) in [5.41, 5.74) is 5.27. The van der Waals surface area contributed by atoms with Crippen LogP contribution in [0, 0.1) is 0 Å². The number of hydrazone groups is 1. The Kier molecular flexibility index (Phi) is 5.29. The molecule has 144 valence electrons. The summed E-state index contributed by atoms with van der Waals surface area (Å²) in [5, 5.41) is 14.4. The number of aromatic nitrogens is 3. The molecule has 4 aromatic rings. The summed E-state index contributed by atoms with van der Waals surface area (Å²) < 4.78 is 10.8. The maximum absolute atomic E-state index is 5.43. The molecule has 0 aliphatic heterocycles. The van der Waals surface area contributed by atoms with Crippen LogP contribution in [0.15, 0.2) is 72.0 Å². The second-order valence-electron chi connectivity index (χ2n) is 6.14. The van der Waals surface area contributed by atoms with E-state index in [9.17, 15) is 0 Å². The molecule has 0 spiro atoms. The number of rotatable bonds is 6. The Balaban J connectivity index is 1.59. The Labute approximate surface area is 168 Å². The normalized spacial score (nSPS) is 11.0. The van der Waals surface area contributed by atoms with Crippen LogP contribution in [0.3, 0.4) is 0 Å². The third-order valence-corrected chi connectivity index (χ3v) is 4.45. The second kappa shape index (κ2) is 8.35. The fraction of sp³-hybridized carbons (Fsp3) is 0.0909. The van der Waals surface area contributed by atoms with Gasteiger partial charge in [-0.2, -0.15) is 10.2 Å². The van der Waals surface area contributed by atoms with Crippen LogP contribution < -0.4 is 14.9 Å². The van der Waals surface area contributed by atoms with Crippen LogP contribution in [0.2, 0.25) is 0 Å². The van der Waals surface area contributed by atoms with Gasteiger partial charge in [-0.25, -0.2) is 10.4 Å². The number of hydrogen-bond acceptors (Lipinski definition) is 7. The molecule has 7 nitrogen and oxygen atoms in total. The van der Waals surface area contributed by atoms with Crippen LogP contribution in [0.25, 0.3) is 22.0 Å². The summed E-state index contributed by atoms with van der Waals surface area (Å²) in [6.45, 7) is 0. The first kappa shape index (κ1) is 18.4. The van der Waals surface area contributed by atoms with Crippen molar-refractivity contribution in [2.75, 3.05) is 19.6 Å². The van der Waals surface area contributed by atoms with Gasteiger partial charge in [0.25, 0.3) is 5.95 Å². The fourth-order valence-corrected chi connectivity index (χ4v) is 3.08. The van der Waals surface area contributed by atoms with E-state index in [1.54, 1.807) is 26.6 Å². The van der Waals surface area contributed by atoms with Crippen molar-refractivity contribution in [3.63, 3.8) is 0 Å². The number of methoxy groups -OCH3 is 2. The second-order valence-corrected chi connectivity index (χ2v) is 6.14. The molecule has 0 amide bonds. The van der Waals surface area contributed by atoms with E-state index >= 15 is 0 Å². The molecule has 0 saturated heterocycles. The molecule has 0 fully saturated rings. The number of hydrogen-bond donors (Lipinski definition) is 1. The van der Waals surface area contributed by atoms with Gasteiger partial charge in [0.1, 0.15) is 11.5 Å². The lowest BCUT2D eigenvalue weighted by molar-refractivity contribution is 0.416. The van der Waals surface area contributed by atoms with Crippen LogP contribution in [0.1, 0.15) is 5.56 Å². The van der Waals surface area contributed by atoms with Crippen LogP contribution in [0.4, 0.5) is 5.95 Å². The maximum Gasteiger partial charge on any atom is 0.263 e. The standard InChI is InChI=1S/C22H19N5O2/c1-28-20-10-6-5-9-18(20)19-14-24-27-22(25-19)26-23-13-15-11-12-21(29-2)17-8-4-3-7-16(15)17/h3-14H,1-2H3,(H,25,26,27)/b23-13-. The topological polar surface area (TPSA) is 81.5 Å². The molecule has 0 bridgehead atoms. The van der Waals surface area contributed by atoms with E-state index in [2.05, 4.69) is 25.7 Å².